The fourth-order valence-corrected chi connectivity index (χ4v) is 6.24. The molecule has 7 nitrogen and oxygen atoms in total. The maximum atomic E-state index is 13.6. The van der Waals surface area contributed by atoms with E-state index < -0.39 is 17.7 Å². The minimum absolute atomic E-state index is 0.0624. The van der Waals surface area contributed by atoms with Crippen molar-refractivity contribution in [1.29, 1.82) is 0 Å². The minimum atomic E-state index is -0.998. The number of nitrogens with one attached hydrogen (secondary N) is 2. The number of aryl methyl sites for hydroxylation is 1. The van der Waals surface area contributed by atoms with Crippen molar-refractivity contribution in [2.75, 3.05) is 26.1 Å². The first-order valence-corrected chi connectivity index (χ1v) is 12.9. The second-order valence-corrected chi connectivity index (χ2v) is 10.3. The summed E-state index contributed by atoms with van der Waals surface area (Å²) < 4.78 is 40.1. The zero-order valence-corrected chi connectivity index (χ0v) is 22.0. The third kappa shape index (κ3) is 4.95. The SMILES string of the molecule is COc1ccc([C@@]23CC[C@@H](NC(=O)Nc4ccc(F)c(F)c4)C[C@@H]2N(Cc2cccn2C)CC3)cc1OC. The van der Waals surface area contributed by atoms with Crippen molar-refractivity contribution < 1.29 is 23.0 Å². The predicted molar refractivity (Wildman–Crippen MR) is 142 cm³/mol. The van der Waals surface area contributed by atoms with Crippen molar-refractivity contribution in [3.8, 4) is 11.5 Å². The van der Waals surface area contributed by atoms with Gasteiger partial charge < -0.3 is 24.7 Å². The lowest BCUT2D eigenvalue weighted by atomic mass is 9.65. The molecule has 1 aliphatic heterocycles. The number of benzene rings is 2. The van der Waals surface area contributed by atoms with Gasteiger partial charge in [-0.1, -0.05) is 6.07 Å². The van der Waals surface area contributed by atoms with E-state index >= 15 is 0 Å². The van der Waals surface area contributed by atoms with Crippen LogP contribution in [0.25, 0.3) is 0 Å². The minimum Gasteiger partial charge on any atom is -0.493 e. The molecule has 3 aromatic rings. The number of methoxy groups -OCH3 is 2. The molecule has 2 aromatic carbocycles. The van der Waals surface area contributed by atoms with Crippen LogP contribution < -0.4 is 20.1 Å². The number of likely N-dealkylation sites (tertiary alicyclic amines) is 1. The summed E-state index contributed by atoms with van der Waals surface area (Å²) in [4.78, 5) is 15.3. The van der Waals surface area contributed by atoms with Crippen LogP contribution in [0.2, 0.25) is 0 Å². The second kappa shape index (κ2) is 10.6. The van der Waals surface area contributed by atoms with Gasteiger partial charge in [0, 0.05) is 54.7 Å². The summed E-state index contributed by atoms with van der Waals surface area (Å²) in [6.07, 6.45) is 5.52. The lowest BCUT2D eigenvalue weighted by Gasteiger charge is -2.45. The van der Waals surface area contributed by atoms with Crippen molar-refractivity contribution in [2.24, 2.45) is 7.05 Å². The molecule has 2 heterocycles. The highest BCUT2D eigenvalue weighted by molar-refractivity contribution is 5.89. The highest BCUT2D eigenvalue weighted by atomic mass is 19.2. The molecule has 202 valence electrons. The molecule has 0 bridgehead atoms. The molecule has 2 aliphatic rings. The van der Waals surface area contributed by atoms with E-state index in [1.165, 1.54) is 17.3 Å². The Hall–Kier alpha value is -3.59. The Labute approximate surface area is 221 Å². The maximum absolute atomic E-state index is 13.6. The Morgan fingerprint density at radius 3 is 2.58 bits per heavy atom. The van der Waals surface area contributed by atoms with Crippen LogP contribution in [-0.4, -0.2) is 48.3 Å². The molecule has 1 saturated heterocycles. The molecule has 2 fully saturated rings. The summed E-state index contributed by atoms with van der Waals surface area (Å²) >= 11 is 0. The lowest BCUT2D eigenvalue weighted by Crippen LogP contribution is -2.52. The molecular formula is C29H34F2N4O3. The van der Waals surface area contributed by atoms with Gasteiger partial charge in [-0.25, -0.2) is 13.6 Å². The standard InChI is InChI=1S/C29H34F2N4O3/c1-34-13-4-5-22(34)18-35-14-12-29(19-6-9-25(37-2)26(15-19)38-3)11-10-21(17-27(29)35)33-28(36)32-20-7-8-23(30)24(31)16-20/h4-9,13,15-16,21,27H,10-12,14,17-18H2,1-3H3,(H2,32,33,36)/t21-,27+,29+/m1/s1. The van der Waals surface area contributed by atoms with E-state index in [2.05, 4.69) is 57.6 Å². The Morgan fingerprint density at radius 1 is 1.05 bits per heavy atom. The first-order chi connectivity index (χ1) is 18.3. The number of amides is 2. The Morgan fingerprint density at radius 2 is 1.87 bits per heavy atom. The van der Waals surface area contributed by atoms with E-state index in [1.807, 2.05) is 6.07 Å². The molecule has 9 heteroatoms. The number of hydrogen-bond acceptors (Lipinski definition) is 4. The van der Waals surface area contributed by atoms with Crippen LogP contribution in [0.15, 0.2) is 54.7 Å². The third-order valence-electron chi connectivity index (χ3n) is 8.26. The van der Waals surface area contributed by atoms with Gasteiger partial charge >= 0.3 is 6.03 Å². The normalized spacial score (nSPS) is 23.1. The van der Waals surface area contributed by atoms with E-state index in [0.717, 1.165) is 50.9 Å². The molecule has 0 radical (unpaired) electrons. The van der Waals surface area contributed by atoms with Gasteiger partial charge in [-0.15, -0.1) is 0 Å². The fraction of sp³-hybridized carbons (Fsp3) is 0.414. The molecule has 1 aromatic heterocycles. The summed E-state index contributed by atoms with van der Waals surface area (Å²) in [6, 6.07) is 13.5. The summed E-state index contributed by atoms with van der Waals surface area (Å²) in [7, 11) is 5.35. The molecular weight excluding hydrogens is 490 g/mol. The quantitative estimate of drug-likeness (QED) is 0.446. The summed E-state index contributed by atoms with van der Waals surface area (Å²) in [5.74, 6) is -0.533. The number of urea groups is 1. The largest absolute Gasteiger partial charge is 0.493 e. The topological polar surface area (TPSA) is 67.8 Å². The molecule has 5 rings (SSSR count). The Balaban J connectivity index is 1.38. The van der Waals surface area contributed by atoms with Crippen LogP contribution in [0.1, 0.15) is 36.9 Å². The van der Waals surface area contributed by atoms with E-state index in [-0.39, 0.29) is 23.2 Å². The molecule has 1 saturated carbocycles. The van der Waals surface area contributed by atoms with Gasteiger partial charge in [0.1, 0.15) is 0 Å². The number of carbonyl (C=O) groups excluding carboxylic acids is 1. The molecule has 2 amide bonds. The van der Waals surface area contributed by atoms with Gasteiger partial charge in [-0.3, -0.25) is 4.90 Å². The van der Waals surface area contributed by atoms with E-state index in [4.69, 9.17) is 9.47 Å². The van der Waals surface area contributed by atoms with Gasteiger partial charge in [0.2, 0.25) is 0 Å². The number of ether oxygens (including phenoxy) is 2. The van der Waals surface area contributed by atoms with E-state index in [1.54, 1.807) is 14.2 Å². The number of anilines is 1. The zero-order chi connectivity index (χ0) is 26.9. The number of rotatable bonds is 7. The van der Waals surface area contributed by atoms with Gasteiger partial charge in [-0.2, -0.15) is 0 Å². The number of carbonyl (C=O) groups is 1. The van der Waals surface area contributed by atoms with Crippen LogP contribution in [-0.2, 0) is 19.0 Å². The summed E-state index contributed by atoms with van der Waals surface area (Å²) in [6.45, 7) is 1.76. The van der Waals surface area contributed by atoms with Crippen LogP contribution in [0.3, 0.4) is 0 Å². The van der Waals surface area contributed by atoms with Crippen molar-refractivity contribution in [2.45, 2.75) is 49.7 Å². The number of hydrogen-bond donors (Lipinski definition) is 2. The van der Waals surface area contributed by atoms with Crippen molar-refractivity contribution >= 4 is 11.7 Å². The number of nitrogens with zero attached hydrogens (tertiary/aromatic N) is 2. The summed E-state index contributed by atoms with van der Waals surface area (Å²) in [5.41, 5.74) is 2.58. The molecule has 3 atom stereocenters. The first-order valence-electron chi connectivity index (χ1n) is 12.9. The molecule has 38 heavy (non-hydrogen) atoms. The van der Waals surface area contributed by atoms with Crippen LogP contribution in [0, 0.1) is 11.6 Å². The Bertz CT molecular complexity index is 1310. The molecule has 0 unspecified atom stereocenters. The first kappa shape index (κ1) is 26.0. The number of halogens is 2. The van der Waals surface area contributed by atoms with Gasteiger partial charge in [0.25, 0.3) is 0 Å². The van der Waals surface area contributed by atoms with Crippen molar-refractivity contribution in [3.63, 3.8) is 0 Å². The van der Waals surface area contributed by atoms with Crippen LogP contribution in [0.5, 0.6) is 11.5 Å². The van der Waals surface area contributed by atoms with Gasteiger partial charge in [0.15, 0.2) is 23.1 Å². The molecule has 2 N–H and O–H groups in total. The van der Waals surface area contributed by atoms with Crippen LogP contribution >= 0.6 is 0 Å². The maximum Gasteiger partial charge on any atom is 0.319 e. The van der Waals surface area contributed by atoms with Gasteiger partial charge in [0.05, 0.1) is 14.2 Å². The highest BCUT2D eigenvalue weighted by Crippen LogP contribution is 2.50. The smallest absolute Gasteiger partial charge is 0.319 e. The lowest BCUT2D eigenvalue weighted by molar-refractivity contribution is 0.129. The monoisotopic (exact) mass is 524 g/mol. The fourth-order valence-electron chi connectivity index (χ4n) is 6.24. The zero-order valence-electron chi connectivity index (χ0n) is 22.0. The van der Waals surface area contributed by atoms with Gasteiger partial charge in [-0.05, 0) is 74.2 Å². The third-order valence-corrected chi connectivity index (χ3v) is 8.26. The average molecular weight is 525 g/mol. The number of aromatic nitrogens is 1. The summed E-state index contributed by atoms with van der Waals surface area (Å²) in [5, 5.41) is 5.71. The highest BCUT2D eigenvalue weighted by Gasteiger charge is 2.51. The van der Waals surface area contributed by atoms with Crippen molar-refractivity contribution in [1.82, 2.24) is 14.8 Å². The van der Waals surface area contributed by atoms with E-state index in [0.29, 0.717) is 11.5 Å². The predicted octanol–water partition coefficient (Wildman–Crippen LogP) is 5.21. The molecule has 1 aliphatic carbocycles. The average Bonchev–Trinajstić information content (AvgIpc) is 3.49. The van der Waals surface area contributed by atoms with Crippen molar-refractivity contribution in [3.05, 3.63) is 77.6 Å². The molecule has 0 spiro atoms. The van der Waals surface area contributed by atoms with Crippen LogP contribution in [0.4, 0.5) is 19.3 Å². The second-order valence-electron chi connectivity index (χ2n) is 10.3. The van der Waals surface area contributed by atoms with E-state index in [9.17, 15) is 13.6 Å². The number of fused-ring (bicyclic) bond motifs is 1. The Kier molecular flexibility index (Phi) is 7.29.